The van der Waals surface area contributed by atoms with Crippen LogP contribution in [0.15, 0.2) is 23.1 Å². The lowest BCUT2D eigenvalue weighted by molar-refractivity contribution is -0.145. The molecule has 1 N–H and O–H groups in total. The van der Waals surface area contributed by atoms with Gasteiger partial charge in [0.25, 0.3) is 5.91 Å². The van der Waals surface area contributed by atoms with E-state index >= 15 is 0 Å². The van der Waals surface area contributed by atoms with E-state index in [1.54, 1.807) is 38.3 Å². The number of rotatable bonds is 6. The van der Waals surface area contributed by atoms with E-state index in [9.17, 15) is 14.7 Å². The maximum atomic E-state index is 12.6. The molecule has 128 valence electrons. The van der Waals surface area contributed by atoms with E-state index in [0.717, 1.165) is 16.7 Å². The number of nitrogens with zero attached hydrogens (tertiary/aromatic N) is 1. The van der Waals surface area contributed by atoms with Crippen molar-refractivity contribution in [3.63, 3.8) is 0 Å². The molecule has 1 saturated heterocycles. The van der Waals surface area contributed by atoms with Crippen LogP contribution in [0.3, 0.4) is 0 Å². The fourth-order valence-corrected chi connectivity index (χ4v) is 3.66. The number of aliphatic carboxylic acids is 1. The summed E-state index contributed by atoms with van der Waals surface area (Å²) in [5.41, 5.74) is 0.653. The molecule has 0 radical (unpaired) electrons. The van der Waals surface area contributed by atoms with Crippen LogP contribution >= 0.6 is 24.0 Å². The third-order valence-corrected chi connectivity index (χ3v) is 4.86. The number of carboxylic acid groups (broad SMARTS) is 1. The van der Waals surface area contributed by atoms with Gasteiger partial charge in [0.15, 0.2) is 0 Å². The quantitative estimate of drug-likeness (QED) is 0.612. The van der Waals surface area contributed by atoms with Crippen molar-refractivity contribution in [2.45, 2.75) is 19.4 Å². The second kappa shape index (κ2) is 7.67. The SMILES string of the molecule is CC[C@@H](C(=O)O)N1C(=O)C(=Cc2cc(OC)ccc2OC)SC1=S. The van der Waals surface area contributed by atoms with Crippen molar-refractivity contribution in [1.82, 2.24) is 4.90 Å². The van der Waals surface area contributed by atoms with Crippen LogP contribution in [0.5, 0.6) is 11.5 Å². The molecule has 6 nitrogen and oxygen atoms in total. The minimum atomic E-state index is -1.07. The zero-order chi connectivity index (χ0) is 17.9. The zero-order valence-electron chi connectivity index (χ0n) is 13.4. The van der Waals surface area contributed by atoms with Crippen LogP contribution in [0.2, 0.25) is 0 Å². The average Bonchev–Trinajstić information content (AvgIpc) is 2.83. The molecule has 1 aliphatic rings. The van der Waals surface area contributed by atoms with Crippen LogP contribution in [0.25, 0.3) is 6.08 Å². The van der Waals surface area contributed by atoms with Crippen molar-refractivity contribution >= 4 is 46.3 Å². The Morgan fingerprint density at radius 1 is 1.42 bits per heavy atom. The Kier molecular flexibility index (Phi) is 5.84. The number of carbonyl (C=O) groups excluding carboxylic acids is 1. The van der Waals surface area contributed by atoms with Gasteiger partial charge in [0.1, 0.15) is 21.9 Å². The van der Waals surface area contributed by atoms with Crippen LogP contribution < -0.4 is 9.47 Å². The minimum absolute atomic E-state index is 0.238. The molecule has 1 aromatic rings. The summed E-state index contributed by atoms with van der Waals surface area (Å²) in [7, 11) is 3.08. The van der Waals surface area contributed by atoms with Gasteiger partial charge in [0, 0.05) is 5.56 Å². The lowest BCUT2D eigenvalue weighted by Crippen LogP contribution is -2.43. The standard InChI is InChI=1S/C16H17NO5S2/c1-4-11(15(19)20)17-14(18)13(24-16(17)23)8-9-7-10(21-2)5-6-12(9)22-3/h5-8,11H,4H2,1-3H3,(H,19,20)/t11-/m0/s1. The summed E-state index contributed by atoms with van der Waals surface area (Å²) in [6, 6.07) is 4.26. The molecule has 1 amide bonds. The normalized spacial score (nSPS) is 17.3. The van der Waals surface area contributed by atoms with E-state index in [-0.39, 0.29) is 10.7 Å². The smallest absolute Gasteiger partial charge is 0.326 e. The number of hydrogen-bond acceptors (Lipinski definition) is 6. The first kappa shape index (κ1) is 18.3. The summed E-state index contributed by atoms with van der Waals surface area (Å²) >= 11 is 6.27. The molecule has 0 aliphatic carbocycles. The van der Waals surface area contributed by atoms with E-state index in [4.69, 9.17) is 21.7 Å². The fourth-order valence-electron chi connectivity index (χ4n) is 2.31. The fraction of sp³-hybridized carbons (Fsp3) is 0.312. The van der Waals surface area contributed by atoms with Gasteiger partial charge in [-0.25, -0.2) is 4.79 Å². The van der Waals surface area contributed by atoms with Crippen LogP contribution in [0, 0.1) is 0 Å². The number of carboxylic acids is 1. The number of thioether (sulfide) groups is 1. The van der Waals surface area contributed by atoms with Crippen molar-refractivity contribution in [1.29, 1.82) is 0 Å². The van der Waals surface area contributed by atoms with E-state index in [2.05, 4.69) is 0 Å². The lowest BCUT2D eigenvalue weighted by Gasteiger charge is -2.21. The summed E-state index contributed by atoms with van der Waals surface area (Å²) in [6.45, 7) is 1.70. The van der Waals surface area contributed by atoms with Gasteiger partial charge in [-0.05, 0) is 30.7 Å². The molecule has 24 heavy (non-hydrogen) atoms. The Balaban J connectivity index is 2.40. The Labute approximate surface area is 149 Å². The van der Waals surface area contributed by atoms with Crippen LogP contribution in [0.4, 0.5) is 0 Å². The molecule has 0 unspecified atom stereocenters. The maximum Gasteiger partial charge on any atom is 0.326 e. The molecule has 0 spiro atoms. The van der Waals surface area contributed by atoms with Crippen molar-refractivity contribution in [2.24, 2.45) is 0 Å². The highest BCUT2D eigenvalue weighted by Gasteiger charge is 2.39. The van der Waals surface area contributed by atoms with E-state index in [1.165, 1.54) is 7.11 Å². The van der Waals surface area contributed by atoms with Gasteiger partial charge in [-0.15, -0.1) is 0 Å². The second-order valence-electron chi connectivity index (χ2n) is 4.92. The molecule has 1 heterocycles. The Hall–Kier alpha value is -2.06. The monoisotopic (exact) mass is 367 g/mol. The van der Waals surface area contributed by atoms with Gasteiger partial charge >= 0.3 is 5.97 Å². The summed E-state index contributed by atoms with van der Waals surface area (Å²) in [5, 5.41) is 9.28. The molecule has 1 fully saturated rings. The Morgan fingerprint density at radius 3 is 2.67 bits per heavy atom. The Morgan fingerprint density at radius 2 is 2.12 bits per heavy atom. The van der Waals surface area contributed by atoms with Gasteiger partial charge in [-0.2, -0.15) is 0 Å². The molecule has 0 bridgehead atoms. The molecule has 2 rings (SSSR count). The third-order valence-electron chi connectivity index (χ3n) is 3.53. The first-order valence-corrected chi connectivity index (χ1v) is 8.37. The van der Waals surface area contributed by atoms with E-state index in [0.29, 0.717) is 22.0 Å². The first-order valence-electron chi connectivity index (χ1n) is 7.14. The predicted octanol–water partition coefficient (Wildman–Crippen LogP) is 2.77. The largest absolute Gasteiger partial charge is 0.497 e. The second-order valence-corrected chi connectivity index (χ2v) is 6.60. The van der Waals surface area contributed by atoms with E-state index in [1.807, 2.05) is 0 Å². The highest BCUT2D eigenvalue weighted by atomic mass is 32.2. The first-order chi connectivity index (χ1) is 11.4. The molecule has 8 heteroatoms. The van der Waals surface area contributed by atoms with Crippen molar-refractivity contribution in [3.8, 4) is 11.5 Å². The minimum Gasteiger partial charge on any atom is -0.497 e. The van der Waals surface area contributed by atoms with Crippen LogP contribution in [-0.2, 0) is 9.59 Å². The van der Waals surface area contributed by atoms with Crippen molar-refractivity contribution in [3.05, 3.63) is 28.7 Å². The predicted molar refractivity (Wildman–Crippen MR) is 96.3 cm³/mol. The number of methoxy groups -OCH3 is 2. The third kappa shape index (κ3) is 3.54. The van der Waals surface area contributed by atoms with Gasteiger partial charge in [-0.1, -0.05) is 30.9 Å². The Bertz CT molecular complexity index is 716. The van der Waals surface area contributed by atoms with Gasteiger partial charge in [0.2, 0.25) is 0 Å². The lowest BCUT2D eigenvalue weighted by atomic mass is 10.1. The molecule has 1 aliphatic heterocycles. The summed E-state index contributed by atoms with van der Waals surface area (Å²) in [4.78, 5) is 25.4. The average molecular weight is 367 g/mol. The number of hydrogen-bond donors (Lipinski definition) is 1. The summed E-state index contributed by atoms with van der Waals surface area (Å²) in [5.74, 6) is -0.293. The number of thiocarbonyl (C=S) groups is 1. The van der Waals surface area contributed by atoms with Crippen LogP contribution in [-0.4, -0.2) is 46.5 Å². The molecule has 0 aromatic heterocycles. The molecular weight excluding hydrogens is 350 g/mol. The maximum absolute atomic E-state index is 12.6. The van der Waals surface area contributed by atoms with Crippen LogP contribution in [0.1, 0.15) is 18.9 Å². The number of carbonyl (C=O) groups is 2. The number of benzene rings is 1. The van der Waals surface area contributed by atoms with Gasteiger partial charge < -0.3 is 14.6 Å². The summed E-state index contributed by atoms with van der Waals surface area (Å²) < 4.78 is 10.7. The highest BCUT2D eigenvalue weighted by Crippen LogP contribution is 2.36. The van der Waals surface area contributed by atoms with Gasteiger partial charge in [-0.3, -0.25) is 9.69 Å². The molecule has 0 saturated carbocycles. The topological polar surface area (TPSA) is 76.1 Å². The van der Waals surface area contributed by atoms with Crippen molar-refractivity contribution in [2.75, 3.05) is 14.2 Å². The zero-order valence-corrected chi connectivity index (χ0v) is 15.1. The number of ether oxygens (including phenoxy) is 2. The van der Waals surface area contributed by atoms with E-state index < -0.39 is 17.9 Å². The van der Waals surface area contributed by atoms with Gasteiger partial charge in [0.05, 0.1) is 19.1 Å². The highest BCUT2D eigenvalue weighted by molar-refractivity contribution is 8.26. The molecule has 1 atom stereocenters. The van der Waals surface area contributed by atoms with Crippen molar-refractivity contribution < 1.29 is 24.2 Å². The molecular formula is C16H17NO5S2. The summed E-state index contributed by atoms with van der Waals surface area (Å²) in [6.07, 6.45) is 1.91. The molecule has 1 aromatic carbocycles. The number of amides is 1.